The number of fused-ring (bicyclic) bond motifs is 1. The highest BCUT2D eigenvalue weighted by Gasteiger charge is 2.42. The summed E-state index contributed by atoms with van der Waals surface area (Å²) in [5.74, 6) is 0.159. The van der Waals surface area contributed by atoms with Crippen molar-refractivity contribution in [2.24, 2.45) is 5.92 Å². The number of thiocarbonyl (C=S) groups is 1. The first kappa shape index (κ1) is 23.7. The van der Waals surface area contributed by atoms with Gasteiger partial charge in [0.15, 0.2) is 0 Å². The lowest BCUT2D eigenvalue weighted by Crippen LogP contribution is -2.33. The molecule has 2 aliphatic rings. The van der Waals surface area contributed by atoms with Crippen LogP contribution in [0.1, 0.15) is 56.2 Å². The van der Waals surface area contributed by atoms with Crippen LogP contribution in [0.25, 0.3) is 5.57 Å². The van der Waals surface area contributed by atoms with Crippen LogP contribution < -0.4 is 4.90 Å². The number of rotatable bonds is 8. The SMILES string of the molecule is CCCC[C@@H](CC)CN1C(=O)/C(=C2/C(=O)N(Cc3ccc(C)cc3)c3ccccc32)SC1=S. The third-order valence-electron chi connectivity index (χ3n) is 6.44. The maximum absolute atomic E-state index is 13.6. The predicted octanol–water partition coefficient (Wildman–Crippen LogP) is 6.33. The molecule has 0 spiro atoms. The summed E-state index contributed by atoms with van der Waals surface area (Å²) in [6.07, 6.45) is 4.38. The molecule has 6 heteroatoms. The van der Waals surface area contributed by atoms with Gasteiger partial charge in [-0.3, -0.25) is 14.5 Å². The Morgan fingerprint density at radius 1 is 0.970 bits per heavy atom. The summed E-state index contributed by atoms with van der Waals surface area (Å²) in [7, 11) is 0. The van der Waals surface area contributed by atoms with E-state index in [9.17, 15) is 9.59 Å². The van der Waals surface area contributed by atoms with Crippen molar-refractivity contribution >= 4 is 51.4 Å². The van der Waals surface area contributed by atoms with Gasteiger partial charge in [0.25, 0.3) is 11.8 Å². The lowest BCUT2D eigenvalue weighted by atomic mass is 9.98. The minimum Gasteiger partial charge on any atom is -0.303 e. The normalized spacial score (nSPS) is 18.9. The van der Waals surface area contributed by atoms with E-state index in [1.807, 2.05) is 43.3 Å². The second-order valence-corrected chi connectivity index (χ2v) is 10.4. The van der Waals surface area contributed by atoms with Crippen molar-refractivity contribution < 1.29 is 9.59 Å². The zero-order chi connectivity index (χ0) is 23.5. The summed E-state index contributed by atoms with van der Waals surface area (Å²) in [6.45, 7) is 7.49. The number of aryl methyl sites for hydroxylation is 1. The third-order valence-corrected chi connectivity index (χ3v) is 7.89. The number of hydrogen-bond acceptors (Lipinski definition) is 4. The molecule has 33 heavy (non-hydrogen) atoms. The van der Waals surface area contributed by atoms with Gasteiger partial charge in [-0.15, -0.1) is 0 Å². The third kappa shape index (κ3) is 4.78. The average Bonchev–Trinajstić information content (AvgIpc) is 3.25. The van der Waals surface area contributed by atoms with Crippen LogP contribution in [0, 0.1) is 12.8 Å². The predicted molar refractivity (Wildman–Crippen MR) is 141 cm³/mol. The van der Waals surface area contributed by atoms with Crippen LogP contribution in [0.15, 0.2) is 53.4 Å². The van der Waals surface area contributed by atoms with E-state index in [2.05, 4.69) is 26.0 Å². The van der Waals surface area contributed by atoms with Gasteiger partial charge in [-0.2, -0.15) is 0 Å². The zero-order valence-electron chi connectivity index (χ0n) is 19.5. The van der Waals surface area contributed by atoms with Crippen molar-refractivity contribution in [1.82, 2.24) is 4.90 Å². The van der Waals surface area contributed by atoms with Crippen molar-refractivity contribution in [2.45, 2.75) is 53.0 Å². The zero-order valence-corrected chi connectivity index (χ0v) is 21.1. The minimum atomic E-state index is -0.129. The molecule has 172 valence electrons. The maximum atomic E-state index is 13.6. The van der Waals surface area contributed by atoms with E-state index in [0.29, 0.717) is 33.8 Å². The Hall–Kier alpha value is -2.44. The maximum Gasteiger partial charge on any atom is 0.267 e. The van der Waals surface area contributed by atoms with E-state index in [0.717, 1.165) is 42.5 Å². The van der Waals surface area contributed by atoms with Gasteiger partial charge in [-0.05, 0) is 30.9 Å². The number of anilines is 1. The summed E-state index contributed by atoms with van der Waals surface area (Å²) in [6, 6.07) is 15.9. The Balaban J connectivity index is 1.65. The van der Waals surface area contributed by atoms with Crippen LogP contribution in [0.2, 0.25) is 0 Å². The number of unbranched alkanes of at least 4 members (excludes halogenated alkanes) is 1. The van der Waals surface area contributed by atoms with E-state index in [1.54, 1.807) is 9.80 Å². The fraction of sp³-hybridized carbons (Fsp3) is 0.370. The Labute approximate surface area is 206 Å². The molecule has 1 fully saturated rings. The first-order valence-electron chi connectivity index (χ1n) is 11.7. The molecule has 0 aromatic heterocycles. The molecule has 1 atom stereocenters. The highest BCUT2D eigenvalue weighted by atomic mass is 32.2. The summed E-state index contributed by atoms with van der Waals surface area (Å²) in [4.78, 5) is 31.1. The molecule has 2 aliphatic heterocycles. The van der Waals surface area contributed by atoms with Crippen LogP contribution in [0.4, 0.5) is 5.69 Å². The van der Waals surface area contributed by atoms with E-state index in [4.69, 9.17) is 12.2 Å². The van der Waals surface area contributed by atoms with Crippen LogP contribution in [0.3, 0.4) is 0 Å². The molecule has 4 rings (SSSR count). The number of nitrogens with zero attached hydrogens (tertiary/aromatic N) is 2. The topological polar surface area (TPSA) is 40.6 Å². The Morgan fingerprint density at radius 3 is 2.39 bits per heavy atom. The average molecular weight is 479 g/mol. The van der Waals surface area contributed by atoms with Gasteiger partial charge in [0.05, 0.1) is 22.7 Å². The first-order chi connectivity index (χ1) is 15.9. The molecule has 2 aromatic carbocycles. The second kappa shape index (κ2) is 10.2. The molecule has 0 saturated carbocycles. The number of hydrogen-bond donors (Lipinski definition) is 0. The summed E-state index contributed by atoms with van der Waals surface area (Å²) in [5.41, 5.74) is 4.38. The Morgan fingerprint density at radius 2 is 1.70 bits per heavy atom. The fourth-order valence-corrected chi connectivity index (χ4v) is 5.76. The Bertz CT molecular complexity index is 1110. The lowest BCUT2D eigenvalue weighted by Gasteiger charge is -2.21. The minimum absolute atomic E-state index is 0.129. The molecule has 2 aromatic rings. The highest BCUT2D eigenvalue weighted by molar-refractivity contribution is 8.26. The molecule has 2 amide bonds. The number of carbonyl (C=O) groups excluding carboxylic acids is 2. The smallest absolute Gasteiger partial charge is 0.267 e. The van der Waals surface area contributed by atoms with Gasteiger partial charge in [0, 0.05) is 12.1 Å². The number of para-hydroxylation sites is 1. The first-order valence-corrected chi connectivity index (χ1v) is 12.9. The summed E-state index contributed by atoms with van der Waals surface area (Å²) in [5, 5.41) is 0. The summed E-state index contributed by atoms with van der Waals surface area (Å²) >= 11 is 6.87. The molecule has 0 bridgehead atoms. The van der Waals surface area contributed by atoms with Crippen LogP contribution in [0.5, 0.6) is 0 Å². The van der Waals surface area contributed by atoms with E-state index < -0.39 is 0 Å². The van der Waals surface area contributed by atoms with Gasteiger partial charge in [-0.25, -0.2) is 0 Å². The van der Waals surface area contributed by atoms with Crippen molar-refractivity contribution in [3.8, 4) is 0 Å². The molecule has 0 aliphatic carbocycles. The van der Waals surface area contributed by atoms with Gasteiger partial charge in [0.2, 0.25) is 0 Å². The van der Waals surface area contributed by atoms with Gasteiger partial charge in [0.1, 0.15) is 4.32 Å². The van der Waals surface area contributed by atoms with Crippen molar-refractivity contribution in [2.75, 3.05) is 11.4 Å². The van der Waals surface area contributed by atoms with Crippen molar-refractivity contribution in [1.29, 1.82) is 0 Å². The van der Waals surface area contributed by atoms with Gasteiger partial charge >= 0.3 is 0 Å². The number of amides is 2. The largest absolute Gasteiger partial charge is 0.303 e. The molecule has 0 unspecified atom stereocenters. The van der Waals surface area contributed by atoms with Gasteiger partial charge in [-0.1, -0.05) is 105 Å². The van der Waals surface area contributed by atoms with Crippen molar-refractivity contribution in [3.05, 3.63) is 70.1 Å². The van der Waals surface area contributed by atoms with Gasteiger partial charge < -0.3 is 4.90 Å². The molecule has 0 N–H and O–H groups in total. The number of thioether (sulfide) groups is 1. The quantitative estimate of drug-likeness (QED) is 0.328. The van der Waals surface area contributed by atoms with E-state index in [1.165, 1.54) is 17.3 Å². The highest BCUT2D eigenvalue weighted by Crippen LogP contribution is 2.45. The van der Waals surface area contributed by atoms with Crippen LogP contribution in [-0.4, -0.2) is 27.6 Å². The molecule has 0 radical (unpaired) electrons. The molecule has 4 nitrogen and oxygen atoms in total. The standard InChI is InChI=1S/C27H30N2O2S2/c1-4-6-9-19(5-2)16-29-26(31)24(33-27(29)32)23-21-10-7-8-11-22(21)28(25(23)30)17-20-14-12-18(3)13-15-20/h7-8,10-15,19H,4-6,9,16-17H2,1-3H3/b24-23-/t19-/m1/s1. The van der Waals surface area contributed by atoms with E-state index >= 15 is 0 Å². The molecular formula is C27H30N2O2S2. The van der Waals surface area contributed by atoms with E-state index in [-0.39, 0.29) is 11.8 Å². The van der Waals surface area contributed by atoms with Crippen LogP contribution in [-0.2, 0) is 16.1 Å². The number of benzene rings is 2. The number of carbonyl (C=O) groups is 2. The second-order valence-electron chi connectivity index (χ2n) is 8.80. The summed E-state index contributed by atoms with van der Waals surface area (Å²) < 4.78 is 0.555. The Kier molecular flexibility index (Phi) is 7.35. The fourth-order valence-electron chi connectivity index (χ4n) is 4.41. The molecule has 2 heterocycles. The molecular weight excluding hydrogens is 448 g/mol. The van der Waals surface area contributed by atoms with Crippen LogP contribution >= 0.6 is 24.0 Å². The van der Waals surface area contributed by atoms with Crippen molar-refractivity contribution in [3.63, 3.8) is 0 Å². The monoisotopic (exact) mass is 478 g/mol. The molecule has 1 saturated heterocycles. The lowest BCUT2D eigenvalue weighted by molar-refractivity contribution is -0.123.